The van der Waals surface area contributed by atoms with Crippen molar-refractivity contribution >= 4 is 0 Å². The minimum atomic E-state index is 0.206. The number of aliphatic hydroxyl groups excluding tert-OH is 1. The third kappa shape index (κ3) is 1.76. The molecule has 0 aromatic rings. The summed E-state index contributed by atoms with van der Waals surface area (Å²) in [6.07, 6.45) is 3.83. The van der Waals surface area contributed by atoms with E-state index in [1.165, 1.54) is 19.3 Å². The van der Waals surface area contributed by atoms with Gasteiger partial charge in [0.2, 0.25) is 0 Å². The minimum absolute atomic E-state index is 0.206. The fraction of sp³-hybridized carbons (Fsp3) is 1.00. The quantitative estimate of drug-likeness (QED) is 0.618. The van der Waals surface area contributed by atoms with Gasteiger partial charge in [0.05, 0.1) is 0 Å². The van der Waals surface area contributed by atoms with E-state index in [1.54, 1.807) is 0 Å². The molecule has 1 aliphatic carbocycles. The van der Waals surface area contributed by atoms with Crippen LogP contribution in [0.2, 0.25) is 0 Å². The van der Waals surface area contributed by atoms with Gasteiger partial charge in [0.25, 0.3) is 0 Å². The van der Waals surface area contributed by atoms with Crippen LogP contribution in [0.15, 0.2) is 0 Å². The zero-order chi connectivity index (χ0) is 8.48. The zero-order valence-corrected chi connectivity index (χ0v) is 7.93. The molecule has 0 amide bonds. The maximum absolute atomic E-state index is 9.24. The first-order valence-electron chi connectivity index (χ1n) is 4.69. The predicted molar refractivity (Wildman–Crippen MR) is 47.4 cm³/mol. The third-order valence-corrected chi connectivity index (χ3v) is 3.46. The van der Waals surface area contributed by atoms with E-state index < -0.39 is 0 Å². The van der Waals surface area contributed by atoms with Crippen LogP contribution in [-0.2, 0) is 0 Å². The molecule has 3 unspecified atom stereocenters. The summed E-state index contributed by atoms with van der Waals surface area (Å²) in [6.45, 7) is 7.13. The molecule has 1 saturated carbocycles. The highest BCUT2D eigenvalue weighted by atomic mass is 16.3. The smallest absolute Gasteiger partial charge is 0.0487 e. The fourth-order valence-electron chi connectivity index (χ4n) is 2.20. The van der Waals surface area contributed by atoms with Crippen molar-refractivity contribution in [1.82, 2.24) is 0 Å². The monoisotopic (exact) mass is 156 g/mol. The van der Waals surface area contributed by atoms with Crippen LogP contribution in [-0.4, -0.2) is 11.7 Å². The molecule has 0 aromatic heterocycles. The predicted octanol–water partition coefficient (Wildman–Crippen LogP) is 2.44. The van der Waals surface area contributed by atoms with Crippen LogP contribution >= 0.6 is 0 Å². The van der Waals surface area contributed by atoms with E-state index >= 15 is 0 Å². The lowest BCUT2D eigenvalue weighted by Crippen LogP contribution is -2.35. The van der Waals surface area contributed by atoms with Gasteiger partial charge >= 0.3 is 0 Å². The van der Waals surface area contributed by atoms with E-state index in [2.05, 4.69) is 20.8 Å². The van der Waals surface area contributed by atoms with Gasteiger partial charge < -0.3 is 5.11 Å². The molecule has 1 nitrogen and oxygen atoms in total. The van der Waals surface area contributed by atoms with Crippen LogP contribution in [0.4, 0.5) is 0 Å². The molecule has 1 N–H and O–H groups in total. The Morgan fingerprint density at radius 1 is 1.36 bits per heavy atom. The van der Waals surface area contributed by atoms with Crippen LogP contribution in [0, 0.1) is 17.3 Å². The van der Waals surface area contributed by atoms with E-state index in [9.17, 15) is 5.11 Å². The molecule has 3 atom stereocenters. The highest BCUT2D eigenvalue weighted by molar-refractivity contribution is 4.85. The number of hydrogen-bond donors (Lipinski definition) is 1. The summed E-state index contributed by atoms with van der Waals surface area (Å²) in [5.41, 5.74) is 0.206. The van der Waals surface area contributed by atoms with Crippen LogP contribution < -0.4 is 0 Å². The van der Waals surface area contributed by atoms with E-state index in [-0.39, 0.29) is 5.41 Å². The van der Waals surface area contributed by atoms with Gasteiger partial charge in [-0.05, 0) is 30.1 Å². The lowest BCUT2D eigenvalue weighted by atomic mass is 9.65. The minimum Gasteiger partial charge on any atom is -0.396 e. The van der Waals surface area contributed by atoms with Crippen molar-refractivity contribution in [2.45, 2.75) is 40.0 Å². The Kier molecular flexibility index (Phi) is 2.58. The first kappa shape index (κ1) is 9.05. The zero-order valence-electron chi connectivity index (χ0n) is 7.93. The van der Waals surface area contributed by atoms with Crippen LogP contribution in [0.1, 0.15) is 40.0 Å². The lowest BCUT2D eigenvalue weighted by molar-refractivity contribution is 0.0283. The highest BCUT2D eigenvalue weighted by Crippen LogP contribution is 2.42. The SMILES string of the molecule is CC1CCC(C)C(C)(CO)C1. The van der Waals surface area contributed by atoms with Crippen LogP contribution in [0.25, 0.3) is 0 Å². The maximum atomic E-state index is 9.24. The molecule has 0 aromatic carbocycles. The molecule has 1 aliphatic rings. The third-order valence-electron chi connectivity index (χ3n) is 3.46. The highest BCUT2D eigenvalue weighted by Gasteiger charge is 2.35. The average Bonchev–Trinajstić information content (AvgIpc) is 1.98. The van der Waals surface area contributed by atoms with Gasteiger partial charge in [0, 0.05) is 6.61 Å². The van der Waals surface area contributed by atoms with Crippen molar-refractivity contribution in [3.63, 3.8) is 0 Å². The Morgan fingerprint density at radius 2 is 2.00 bits per heavy atom. The van der Waals surface area contributed by atoms with Gasteiger partial charge in [-0.15, -0.1) is 0 Å². The average molecular weight is 156 g/mol. The van der Waals surface area contributed by atoms with Crippen molar-refractivity contribution < 1.29 is 5.11 Å². The summed E-state index contributed by atoms with van der Waals surface area (Å²) in [7, 11) is 0. The topological polar surface area (TPSA) is 20.2 Å². The molecular weight excluding hydrogens is 136 g/mol. The summed E-state index contributed by atoms with van der Waals surface area (Å²) in [4.78, 5) is 0. The number of rotatable bonds is 1. The Morgan fingerprint density at radius 3 is 2.45 bits per heavy atom. The van der Waals surface area contributed by atoms with Gasteiger partial charge in [-0.25, -0.2) is 0 Å². The van der Waals surface area contributed by atoms with Crippen molar-refractivity contribution in [1.29, 1.82) is 0 Å². The van der Waals surface area contributed by atoms with Crippen LogP contribution in [0.5, 0.6) is 0 Å². The van der Waals surface area contributed by atoms with E-state index in [0.29, 0.717) is 12.5 Å². The fourth-order valence-corrected chi connectivity index (χ4v) is 2.20. The maximum Gasteiger partial charge on any atom is 0.0487 e. The van der Waals surface area contributed by atoms with Gasteiger partial charge in [0.15, 0.2) is 0 Å². The molecule has 66 valence electrons. The van der Waals surface area contributed by atoms with Crippen molar-refractivity contribution in [3.05, 3.63) is 0 Å². The van der Waals surface area contributed by atoms with Crippen molar-refractivity contribution in [2.75, 3.05) is 6.61 Å². The first-order chi connectivity index (χ1) is 5.08. The van der Waals surface area contributed by atoms with E-state index in [4.69, 9.17) is 0 Å². The normalized spacial score (nSPS) is 45.8. The Labute approximate surface area is 69.8 Å². The summed E-state index contributed by atoms with van der Waals surface area (Å²) in [5, 5.41) is 9.24. The molecule has 0 radical (unpaired) electrons. The largest absolute Gasteiger partial charge is 0.396 e. The first-order valence-corrected chi connectivity index (χ1v) is 4.69. The molecule has 0 spiro atoms. The number of aliphatic hydroxyl groups is 1. The van der Waals surface area contributed by atoms with Gasteiger partial charge in [0.1, 0.15) is 0 Å². The molecule has 1 heteroatoms. The molecule has 1 rings (SSSR count). The molecule has 0 bridgehead atoms. The lowest BCUT2D eigenvalue weighted by Gasteiger charge is -2.41. The van der Waals surface area contributed by atoms with Gasteiger partial charge in [-0.3, -0.25) is 0 Å². The van der Waals surface area contributed by atoms with Crippen LogP contribution in [0.3, 0.4) is 0 Å². The van der Waals surface area contributed by atoms with Crippen molar-refractivity contribution in [2.24, 2.45) is 17.3 Å². The Hall–Kier alpha value is -0.0400. The standard InChI is InChI=1S/C10H20O/c1-8-4-5-9(2)10(3,6-8)7-11/h8-9,11H,4-7H2,1-3H3. The summed E-state index contributed by atoms with van der Waals surface area (Å²) >= 11 is 0. The summed E-state index contributed by atoms with van der Waals surface area (Å²) < 4.78 is 0. The number of hydrogen-bond acceptors (Lipinski definition) is 1. The molecule has 0 saturated heterocycles. The Bertz CT molecular complexity index is 133. The van der Waals surface area contributed by atoms with E-state index in [1.807, 2.05) is 0 Å². The second kappa shape index (κ2) is 3.14. The van der Waals surface area contributed by atoms with E-state index in [0.717, 1.165) is 5.92 Å². The Balaban J connectivity index is 2.60. The molecular formula is C10H20O. The summed E-state index contributed by atoms with van der Waals surface area (Å²) in [6, 6.07) is 0. The molecule has 0 aliphatic heterocycles. The molecule has 1 fully saturated rings. The molecule has 11 heavy (non-hydrogen) atoms. The summed E-state index contributed by atoms with van der Waals surface area (Å²) in [5.74, 6) is 1.51. The van der Waals surface area contributed by atoms with Crippen molar-refractivity contribution in [3.8, 4) is 0 Å². The molecule has 0 heterocycles. The second-order valence-electron chi connectivity index (χ2n) is 4.60. The van der Waals surface area contributed by atoms with Gasteiger partial charge in [-0.2, -0.15) is 0 Å². The van der Waals surface area contributed by atoms with Gasteiger partial charge in [-0.1, -0.05) is 27.2 Å². The second-order valence-corrected chi connectivity index (χ2v) is 4.60.